The Balaban J connectivity index is 1.92. The molecule has 1 aromatic heterocycles. The first kappa shape index (κ1) is 21.7. The van der Waals surface area contributed by atoms with E-state index in [1.807, 2.05) is 18.5 Å². The molecular formula is C19H27F3N6. The van der Waals surface area contributed by atoms with Crippen LogP contribution in [0.25, 0.3) is 0 Å². The van der Waals surface area contributed by atoms with Crippen molar-refractivity contribution in [1.82, 2.24) is 25.4 Å². The molecule has 0 saturated carbocycles. The number of alkyl halides is 3. The van der Waals surface area contributed by atoms with E-state index in [4.69, 9.17) is 0 Å². The number of hydrogen-bond donors (Lipinski definition) is 2. The molecule has 0 unspecified atom stereocenters. The van der Waals surface area contributed by atoms with Gasteiger partial charge in [0.25, 0.3) is 0 Å². The zero-order valence-corrected chi connectivity index (χ0v) is 16.5. The average Bonchev–Trinajstić information content (AvgIpc) is 2.97. The number of rotatable bonds is 8. The molecule has 1 heterocycles. The van der Waals surface area contributed by atoms with Crippen molar-refractivity contribution in [3.63, 3.8) is 0 Å². The smallest absolute Gasteiger partial charge is 0.356 e. The average molecular weight is 396 g/mol. The van der Waals surface area contributed by atoms with Gasteiger partial charge in [-0.3, -0.25) is 0 Å². The third-order valence-corrected chi connectivity index (χ3v) is 4.37. The second-order valence-electron chi connectivity index (χ2n) is 6.54. The number of benzene rings is 1. The first-order chi connectivity index (χ1) is 13.3. The Morgan fingerprint density at radius 3 is 2.36 bits per heavy atom. The summed E-state index contributed by atoms with van der Waals surface area (Å²) in [6.45, 7) is 5.72. The summed E-state index contributed by atoms with van der Waals surface area (Å²) >= 11 is 0. The quantitative estimate of drug-likeness (QED) is 0.409. The molecule has 9 heteroatoms. The van der Waals surface area contributed by atoms with Gasteiger partial charge in [-0.15, -0.1) is 10.2 Å². The largest absolute Gasteiger partial charge is 0.416 e. The fraction of sp³-hybridized carbons (Fsp3) is 0.526. The summed E-state index contributed by atoms with van der Waals surface area (Å²) in [4.78, 5) is 4.54. The number of aliphatic imine (C=N–C) groups is 1. The van der Waals surface area contributed by atoms with Crippen molar-refractivity contribution in [2.45, 2.75) is 45.8 Å². The predicted octanol–water partition coefficient (Wildman–Crippen LogP) is 3.22. The molecule has 154 valence electrons. The summed E-state index contributed by atoms with van der Waals surface area (Å²) in [7, 11) is 1.89. The van der Waals surface area contributed by atoms with Crippen molar-refractivity contribution in [3.05, 3.63) is 47.0 Å². The van der Waals surface area contributed by atoms with Gasteiger partial charge in [-0.2, -0.15) is 13.2 Å². The van der Waals surface area contributed by atoms with E-state index < -0.39 is 11.7 Å². The molecule has 0 bridgehead atoms. The summed E-state index contributed by atoms with van der Waals surface area (Å²) < 4.78 is 39.8. The van der Waals surface area contributed by atoms with Crippen LogP contribution in [0.3, 0.4) is 0 Å². The van der Waals surface area contributed by atoms with E-state index in [1.165, 1.54) is 12.1 Å². The normalized spacial score (nSPS) is 12.3. The highest BCUT2D eigenvalue weighted by Crippen LogP contribution is 2.29. The molecule has 28 heavy (non-hydrogen) atoms. The standard InChI is InChI=1S/C19H27F3N6/c1-4-5-11-23-18(25-13-17-27-26-14(2)28(17)3)24-12-10-15-6-8-16(9-7-15)19(20,21)22/h6-9H,4-5,10-13H2,1-3H3,(H2,23,24,25). The van der Waals surface area contributed by atoms with Crippen molar-refractivity contribution in [3.8, 4) is 0 Å². The second-order valence-corrected chi connectivity index (χ2v) is 6.54. The van der Waals surface area contributed by atoms with Gasteiger partial charge in [-0.25, -0.2) is 4.99 Å². The number of aryl methyl sites for hydroxylation is 1. The maximum Gasteiger partial charge on any atom is 0.416 e. The fourth-order valence-electron chi connectivity index (χ4n) is 2.48. The maximum absolute atomic E-state index is 12.6. The molecule has 2 rings (SSSR count). The number of unbranched alkanes of at least 4 members (excludes halogenated alkanes) is 1. The lowest BCUT2D eigenvalue weighted by molar-refractivity contribution is -0.137. The van der Waals surface area contributed by atoms with Crippen molar-refractivity contribution in [2.75, 3.05) is 13.1 Å². The van der Waals surface area contributed by atoms with E-state index >= 15 is 0 Å². The highest BCUT2D eigenvalue weighted by atomic mass is 19.4. The second kappa shape index (κ2) is 10.1. The first-order valence-corrected chi connectivity index (χ1v) is 9.34. The molecule has 0 aliphatic rings. The molecule has 0 fully saturated rings. The molecule has 0 aliphatic heterocycles. The third kappa shape index (κ3) is 6.54. The lowest BCUT2D eigenvalue weighted by atomic mass is 10.1. The molecule has 2 aromatic rings. The molecule has 0 radical (unpaired) electrons. The number of hydrogen-bond acceptors (Lipinski definition) is 3. The molecule has 0 aliphatic carbocycles. The van der Waals surface area contributed by atoms with Gasteiger partial charge in [0.05, 0.1) is 5.56 Å². The van der Waals surface area contributed by atoms with E-state index in [0.717, 1.165) is 48.7 Å². The van der Waals surface area contributed by atoms with E-state index in [0.29, 0.717) is 25.5 Å². The van der Waals surface area contributed by atoms with Gasteiger partial charge < -0.3 is 15.2 Å². The van der Waals surface area contributed by atoms with Crippen LogP contribution in [0.4, 0.5) is 13.2 Å². The van der Waals surface area contributed by atoms with Crippen LogP contribution >= 0.6 is 0 Å². The van der Waals surface area contributed by atoms with E-state index in [1.54, 1.807) is 0 Å². The monoisotopic (exact) mass is 396 g/mol. The molecule has 0 amide bonds. The zero-order valence-electron chi connectivity index (χ0n) is 16.5. The van der Waals surface area contributed by atoms with Crippen molar-refractivity contribution in [2.24, 2.45) is 12.0 Å². The summed E-state index contributed by atoms with van der Waals surface area (Å²) in [5, 5.41) is 14.6. The number of nitrogens with one attached hydrogen (secondary N) is 2. The molecule has 0 spiro atoms. The third-order valence-electron chi connectivity index (χ3n) is 4.37. The Labute approximate surface area is 163 Å². The molecule has 0 saturated heterocycles. The summed E-state index contributed by atoms with van der Waals surface area (Å²) in [5.74, 6) is 2.24. The van der Waals surface area contributed by atoms with Crippen LogP contribution in [-0.2, 0) is 26.2 Å². The van der Waals surface area contributed by atoms with E-state index in [9.17, 15) is 13.2 Å². The van der Waals surface area contributed by atoms with Crippen LogP contribution in [0.1, 0.15) is 42.5 Å². The number of guanidine groups is 1. The van der Waals surface area contributed by atoms with Crippen LogP contribution in [-0.4, -0.2) is 33.8 Å². The Kier molecular flexibility index (Phi) is 7.83. The first-order valence-electron chi connectivity index (χ1n) is 9.34. The highest BCUT2D eigenvalue weighted by molar-refractivity contribution is 5.79. The van der Waals surface area contributed by atoms with Gasteiger partial charge in [0, 0.05) is 20.1 Å². The van der Waals surface area contributed by atoms with E-state index in [-0.39, 0.29) is 0 Å². The molecule has 1 aromatic carbocycles. The predicted molar refractivity (Wildman–Crippen MR) is 103 cm³/mol. The summed E-state index contributed by atoms with van der Waals surface area (Å²) in [5.41, 5.74) is 0.198. The summed E-state index contributed by atoms with van der Waals surface area (Å²) in [6, 6.07) is 5.24. The van der Waals surface area contributed by atoms with Crippen LogP contribution in [0.15, 0.2) is 29.3 Å². The number of halogens is 3. The minimum Gasteiger partial charge on any atom is -0.356 e. The maximum atomic E-state index is 12.6. The van der Waals surface area contributed by atoms with Gasteiger partial charge in [0.2, 0.25) is 0 Å². The van der Waals surface area contributed by atoms with Gasteiger partial charge >= 0.3 is 6.18 Å². The summed E-state index contributed by atoms with van der Waals surface area (Å²) in [6.07, 6.45) is -1.63. The van der Waals surface area contributed by atoms with Crippen LogP contribution in [0.5, 0.6) is 0 Å². The fourth-order valence-corrected chi connectivity index (χ4v) is 2.48. The van der Waals surface area contributed by atoms with Crippen LogP contribution in [0.2, 0.25) is 0 Å². The van der Waals surface area contributed by atoms with Crippen molar-refractivity contribution < 1.29 is 13.2 Å². The minimum absolute atomic E-state index is 0.388. The van der Waals surface area contributed by atoms with Gasteiger partial charge in [-0.1, -0.05) is 25.5 Å². The van der Waals surface area contributed by atoms with Gasteiger partial charge in [0.1, 0.15) is 12.4 Å². The zero-order chi connectivity index (χ0) is 20.6. The SMILES string of the molecule is CCCCNC(=NCc1nnc(C)n1C)NCCc1ccc(C(F)(F)F)cc1. The van der Waals surface area contributed by atoms with Gasteiger partial charge in [0.15, 0.2) is 11.8 Å². The molecule has 2 N–H and O–H groups in total. The Hall–Kier alpha value is -2.58. The van der Waals surface area contributed by atoms with Crippen molar-refractivity contribution >= 4 is 5.96 Å². The Morgan fingerprint density at radius 1 is 1.11 bits per heavy atom. The molecule has 6 nitrogen and oxygen atoms in total. The van der Waals surface area contributed by atoms with E-state index in [2.05, 4.69) is 32.7 Å². The lowest BCUT2D eigenvalue weighted by Gasteiger charge is -2.13. The van der Waals surface area contributed by atoms with Crippen LogP contribution in [0, 0.1) is 6.92 Å². The molecule has 0 atom stereocenters. The minimum atomic E-state index is -4.31. The van der Waals surface area contributed by atoms with Crippen LogP contribution < -0.4 is 10.6 Å². The Morgan fingerprint density at radius 2 is 1.79 bits per heavy atom. The molecular weight excluding hydrogens is 369 g/mol. The Bertz CT molecular complexity index is 765. The van der Waals surface area contributed by atoms with Gasteiger partial charge in [-0.05, 0) is 37.5 Å². The topological polar surface area (TPSA) is 67.1 Å². The highest BCUT2D eigenvalue weighted by Gasteiger charge is 2.29. The number of aromatic nitrogens is 3. The lowest BCUT2D eigenvalue weighted by Crippen LogP contribution is -2.39. The number of nitrogens with zero attached hydrogens (tertiary/aromatic N) is 4. The van der Waals surface area contributed by atoms with Crippen molar-refractivity contribution in [1.29, 1.82) is 0 Å².